The van der Waals surface area contributed by atoms with E-state index in [2.05, 4.69) is 15.3 Å². The molecule has 2 amide bonds. The number of fused-ring (bicyclic) bond motifs is 1. The van der Waals surface area contributed by atoms with Gasteiger partial charge in [0.05, 0.1) is 17.2 Å². The van der Waals surface area contributed by atoms with Crippen molar-refractivity contribution in [1.82, 2.24) is 14.9 Å². The molecule has 0 aliphatic carbocycles. The van der Waals surface area contributed by atoms with Crippen LogP contribution in [0.1, 0.15) is 34.5 Å². The van der Waals surface area contributed by atoms with Crippen molar-refractivity contribution < 1.29 is 22.8 Å². The maximum Gasteiger partial charge on any atom is 0.256 e. The molecule has 37 heavy (non-hydrogen) atoms. The zero-order chi connectivity index (χ0) is 26.3. The molecule has 6 nitrogen and oxygen atoms in total. The third-order valence-corrected chi connectivity index (χ3v) is 6.60. The fourth-order valence-corrected chi connectivity index (χ4v) is 4.52. The van der Waals surface area contributed by atoms with Gasteiger partial charge in [0, 0.05) is 54.7 Å². The molecule has 0 fully saturated rings. The molecule has 2 aromatic heterocycles. The van der Waals surface area contributed by atoms with E-state index >= 15 is 0 Å². The van der Waals surface area contributed by atoms with Crippen LogP contribution in [-0.4, -0.2) is 40.3 Å². The molecule has 4 aromatic rings. The van der Waals surface area contributed by atoms with Crippen molar-refractivity contribution >= 4 is 17.6 Å². The highest BCUT2D eigenvalue weighted by Crippen LogP contribution is 2.40. The van der Waals surface area contributed by atoms with Crippen LogP contribution in [0.4, 0.5) is 19.0 Å². The molecule has 5 rings (SSSR count). The van der Waals surface area contributed by atoms with Crippen LogP contribution in [0.3, 0.4) is 0 Å². The van der Waals surface area contributed by atoms with Gasteiger partial charge >= 0.3 is 0 Å². The van der Waals surface area contributed by atoms with E-state index in [1.165, 1.54) is 24.4 Å². The number of likely N-dealkylation sites (N-methyl/N-ethyl adjacent to an activating group) is 1. The number of aromatic nitrogens is 2. The van der Waals surface area contributed by atoms with Gasteiger partial charge in [0.25, 0.3) is 5.91 Å². The first kappa shape index (κ1) is 24.3. The third kappa shape index (κ3) is 4.60. The van der Waals surface area contributed by atoms with Crippen LogP contribution in [0, 0.1) is 17.5 Å². The zero-order valence-corrected chi connectivity index (χ0v) is 20.1. The first-order chi connectivity index (χ1) is 17.7. The summed E-state index contributed by atoms with van der Waals surface area (Å²) in [7, 11) is 1.67. The molecule has 9 heteroatoms. The summed E-state index contributed by atoms with van der Waals surface area (Å²) in [5.41, 5.74) is 3.07. The van der Waals surface area contributed by atoms with Crippen molar-refractivity contribution in [2.24, 2.45) is 0 Å². The number of nitrogens with one attached hydrogen (secondary N) is 2. The lowest BCUT2D eigenvalue weighted by Gasteiger charge is -2.23. The molecule has 2 aromatic carbocycles. The van der Waals surface area contributed by atoms with Crippen LogP contribution < -0.4 is 5.32 Å². The highest BCUT2D eigenvalue weighted by Gasteiger charge is 2.31. The van der Waals surface area contributed by atoms with Crippen molar-refractivity contribution in [3.05, 3.63) is 95.1 Å². The van der Waals surface area contributed by atoms with Crippen LogP contribution in [0.2, 0.25) is 0 Å². The van der Waals surface area contributed by atoms with Crippen LogP contribution >= 0.6 is 0 Å². The molecule has 0 radical (unpaired) electrons. The Labute approximate surface area is 211 Å². The lowest BCUT2D eigenvalue weighted by molar-refractivity contribution is -0.117. The summed E-state index contributed by atoms with van der Waals surface area (Å²) in [4.78, 5) is 35.0. The van der Waals surface area contributed by atoms with E-state index in [4.69, 9.17) is 0 Å². The highest BCUT2D eigenvalue weighted by atomic mass is 19.1. The Kier molecular flexibility index (Phi) is 6.29. The molecule has 0 saturated carbocycles. The van der Waals surface area contributed by atoms with Crippen molar-refractivity contribution in [2.45, 2.75) is 19.3 Å². The number of nitrogens with zero attached hydrogens (tertiary/aromatic N) is 2. The van der Waals surface area contributed by atoms with E-state index in [0.29, 0.717) is 46.6 Å². The maximum absolute atomic E-state index is 15.0. The Morgan fingerprint density at radius 1 is 1.03 bits per heavy atom. The largest absolute Gasteiger partial charge is 0.357 e. The predicted octanol–water partition coefficient (Wildman–Crippen LogP) is 5.53. The first-order valence-corrected chi connectivity index (χ1v) is 11.7. The van der Waals surface area contributed by atoms with Gasteiger partial charge in [-0.1, -0.05) is 12.1 Å². The number of carbonyl (C=O) groups excluding carboxylic acids is 2. The Morgan fingerprint density at radius 3 is 2.49 bits per heavy atom. The maximum atomic E-state index is 15.0. The molecule has 1 aliphatic heterocycles. The van der Waals surface area contributed by atoms with Crippen LogP contribution in [0.15, 0.2) is 60.8 Å². The summed E-state index contributed by atoms with van der Waals surface area (Å²) in [5, 5.41) is 2.76. The molecule has 3 heterocycles. The number of H-pyrrole nitrogens is 1. The number of hydrogen-bond acceptors (Lipinski definition) is 3. The number of pyridine rings is 1. The quantitative estimate of drug-likeness (QED) is 0.375. The molecule has 1 aliphatic rings. The number of rotatable bonds is 5. The van der Waals surface area contributed by atoms with E-state index in [9.17, 15) is 22.8 Å². The van der Waals surface area contributed by atoms with Gasteiger partial charge in [0.15, 0.2) is 0 Å². The fourth-order valence-electron chi connectivity index (χ4n) is 4.52. The van der Waals surface area contributed by atoms with Crippen molar-refractivity contribution in [3.8, 4) is 22.4 Å². The summed E-state index contributed by atoms with van der Waals surface area (Å²) in [6, 6.07) is 12.2. The Balaban J connectivity index is 1.54. The number of carbonyl (C=O) groups is 2. The summed E-state index contributed by atoms with van der Waals surface area (Å²) in [6.07, 6.45) is 2.03. The van der Waals surface area contributed by atoms with Crippen LogP contribution in [-0.2, 0) is 11.2 Å². The summed E-state index contributed by atoms with van der Waals surface area (Å²) < 4.78 is 41.9. The molecule has 0 spiro atoms. The second-order valence-electron chi connectivity index (χ2n) is 9.02. The molecule has 188 valence electrons. The second kappa shape index (κ2) is 9.57. The van der Waals surface area contributed by atoms with Crippen molar-refractivity contribution in [1.29, 1.82) is 0 Å². The minimum absolute atomic E-state index is 0.0879. The fraction of sp³-hybridized carbons (Fsp3) is 0.179. The Hall–Kier alpha value is -4.40. The molecule has 0 unspecified atom stereocenters. The predicted molar refractivity (Wildman–Crippen MR) is 133 cm³/mol. The van der Waals surface area contributed by atoms with E-state index in [-0.39, 0.29) is 23.2 Å². The van der Waals surface area contributed by atoms with Gasteiger partial charge in [-0.15, -0.1) is 0 Å². The summed E-state index contributed by atoms with van der Waals surface area (Å²) in [6.45, 7) is 2.19. The Morgan fingerprint density at radius 2 is 1.76 bits per heavy atom. The topological polar surface area (TPSA) is 78.1 Å². The van der Waals surface area contributed by atoms with Gasteiger partial charge in [0.1, 0.15) is 23.3 Å². The van der Waals surface area contributed by atoms with Gasteiger partial charge in [-0.05, 0) is 48.9 Å². The number of benzene rings is 2. The molecule has 2 N–H and O–H groups in total. The number of hydrogen-bond donors (Lipinski definition) is 2. The monoisotopic (exact) mass is 504 g/mol. The number of aromatic amines is 1. The molecular formula is C28H23F3N4O2. The standard InChI is InChI=1S/C28H23F3N4O2/c1-15(16-3-5-18(29)6-4-16)27(36)34-23-13-17(9-11-32-23)26-24(20-8-7-19(30)14-21(20)31)25-22(33-26)10-12-35(2)28(25)37/h3-9,11,13-15,33H,10,12H2,1-2H3,(H,32,34,36)/t15-/m0/s1. The summed E-state index contributed by atoms with van der Waals surface area (Å²) >= 11 is 0. The van der Waals surface area contributed by atoms with E-state index < -0.39 is 23.4 Å². The average molecular weight is 505 g/mol. The molecule has 0 saturated heterocycles. The molecule has 1 atom stereocenters. The minimum Gasteiger partial charge on any atom is -0.357 e. The van der Waals surface area contributed by atoms with Gasteiger partial charge < -0.3 is 15.2 Å². The smallest absolute Gasteiger partial charge is 0.256 e. The van der Waals surface area contributed by atoms with Crippen LogP contribution in [0.25, 0.3) is 22.4 Å². The van der Waals surface area contributed by atoms with Gasteiger partial charge in [0.2, 0.25) is 5.91 Å². The van der Waals surface area contributed by atoms with Crippen molar-refractivity contribution in [3.63, 3.8) is 0 Å². The lowest BCUT2D eigenvalue weighted by Crippen LogP contribution is -2.34. The zero-order valence-electron chi connectivity index (χ0n) is 20.1. The van der Waals surface area contributed by atoms with Gasteiger partial charge in [-0.3, -0.25) is 9.59 Å². The third-order valence-electron chi connectivity index (χ3n) is 6.60. The Bertz CT molecular complexity index is 1510. The number of anilines is 1. The minimum atomic E-state index is -0.792. The first-order valence-electron chi connectivity index (χ1n) is 11.7. The van der Waals surface area contributed by atoms with E-state index in [1.807, 2.05) is 0 Å². The lowest BCUT2D eigenvalue weighted by atomic mass is 9.94. The van der Waals surface area contributed by atoms with Crippen molar-refractivity contribution in [2.75, 3.05) is 18.9 Å². The van der Waals surface area contributed by atoms with E-state index in [1.54, 1.807) is 43.1 Å². The normalized spacial score (nSPS) is 13.9. The highest BCUT2D eigenvalue weighted by molar-refractivity contribution is 6.07. The summed E-state index contributed by atoms with van der Waals surface area (Å²) in [5.74, 6) is -2.84. The second-order valence-corrected chi connectivity index (χ2v) is 9.02. The van der Waals surface area contributed by atoms with Crippen LogP contribution in [0.5, 0.6) is 0 Å². The average Bonchev–Trinajstić information content (AvgIpc) is 3.26. The van der Waals surface area contributed by atoms with Gasteiger partial charge in [-0.2, -0.15) is 0 Å². The number of amides is 2. The van der Waals surface area contributed by atoms with E-state index in [0.717, 1.165) is 12.1 Å². The molecule has 0 bridgehead atoms. The van der Waals surface area contributed by atoms with Gasteiger partial charge in [-0.25, -0.2) is 18.2 Å². The SMILES string of the molecule is C[C@H](C(=O)Nc1cc(-c2[nH]c3c(c2-c2ccc(F)cc2F)C(=O)N(C)CC3)ccn1)c1ccc(F)cc1. The number of halogens is 3. The molecular weight excluding hydrogens is 481 g/mol.